The van der Waals surface area contributed by atoms with Gasteiger partial charge in [0, 0.05) is 0 Å². The van der Waals surface area contributed by atoms with Gasteiger partial charge in [-0.1, -0.05) is 6.07 Å². The molecule has 3 heteroatoms. The summed E-state index contributed by atoms with van der Waals surface area (Å²) >= 11 is 0. The molecule has 0 aliphatic heterocycles. The van der Waals surface area contributed by atoms with E-state index in [9.17, 15) is 4.39 Å². The van der Waals surface area contributed by atoms with Crippen LogP contribution in [0, 0.1) is 5.82 Å². The minimum Gasteiger partial charge on any atom is -0.396 e. The summed E-state index contributed by atoms with van der Waals surface area (Å²) in [5.41, 5.74) is 10.5. The van der Waals surface area contributed by atoms with Crippen molar-refractivity contribution in [2.75, 3.05) is 11.5 Å². The highest BCUT2D eigenvalue weighted by molar-refractivity contribution is 5.53. The SMILES string of the molecule is Nc1cccc(N)c1F. The monoisotopic (exact) mass is 126 g/mol. The van der Waals surface area contributed by atoms with Crippen LogP contribution in [-0.4, -0.2) is 0 Å². The lowest BCUT2D eigenvalue weighted by Gasteiger charge is -1.96. The fourth-order valence-electron chi connectivity index (χ4n) is 0.568. The molecule has 0 aromatic heterocycles. The van der Waals surface area contributed by atoms with Crippen LogP contribution < -0.4 is 11.5 Å². The molecular weight excluding hydrogens is 119 g/mol. The number of hydrogen-bond acceptors (Lipinski definition) is 2. The summed E-state index contributed by atoms with van der Waals surface area (Å²) in [6, 6.07) is 4.53. The van der Waals surface area contributed by atoms with E-state index in [1.165, 1.54) is 12.1 Å². The number of halogens is 1. The van der Waals surface area contributed by atoms with Crippen LogP contribution in [0.2, 0.25) is 0 Å². The molecular formula is C6H7FN2. The largest absolute Gasteiger partial charge is 0.396 e. The maximum absolute atomic E-state index is 12.5. The first-order chi connectivity index (χ1) is 4.22. The molecule has 0 radical (unpaired) electrons. The van der Waals surface area contributed by atoms with Gasteiger partial charge in [0.05, 0.1) is 11.4 Å². The van der Waals surface area contributed by atoms with E-state index in [-0.39, 0.29) is 11.4 Å². The molecule has 0 saturated heterocycles. The predicted octanol–water partition coefficient (Wildman–Crippen LogP) is 0.990. The van der Waals surface area contributed by atoms with Crippen LogP contribution >= 0.6 is 0 Å². The third kappa shape index (κ3) is 0.937. The third-order valence-electron chi connectivity index (χ3n) is 1.06. The zero-order valence-electron chi connectivity index (χ0n) is 4.76. The van der Waals surface area contributed by atoms with Crippen LogP contribution in [0.4, 0.5) is 15.8 Å². The van der Waals surface area contributed by atoms with Gasteiger partial charge in [-0.05, 0) is 12.1 Å². The molecule has 0 fully saturated rings. The molecule has 0 aliphatic carbocycles. The molecule has 0 atom stereocenters. The Balaban J connectivity index is 3.25. The summed E-state index contributed by atoms with van der Waals surface area (Å²) in [5, 5.41) is 0. The number of nitrogen functional groups attached to an aromatic ring is 2. The topological polar surface area (TPSA) is 52.0 Å². The average Bonchev–Trinajstić information content (AvgIpc) is 1.83. The van der Waals surface area contributed by atoms with E-state index in [1.54, 1.807) is 6.07 Å². The van der Waals surface area contributed by atoms with Crippen molar-refractivity contribution < 1.29 is 4.39 Å². The summed E-state index contributed by atoms with van der Waals surface area (Å²) in [6.45, 7) is 0. The molecule has 48 valence electrons. The maximum Gasteiger partial charge on any atom is 0.168 e. The molecule has 0 saturated carbocycles. The van der Waals surface area contributed by atoms with Gasteiger partial charge in [0.1, 0.15) is 0 Å². The summed E-state index contributed by atoms with van der Waals surface area (Å²) < 4.78 is 12.5. The summed E-state index contributed by atoms with van der Waals surface area (Å²) in [5.74, 6) is -0.530. The Morgan fingerprint density at radius 3 is 1.89 bits per heavy atom. The lowest BCUT2D eigenvalue weighted by molar-refractivity contribution is 0.637. The second-order valence-corrected chi connectivity index (χ2v) is 1.75. The van der Waals surface area contributed by atoms with Gasteiger partial charge in [-0.2, -0.15) is 0 Å². The molecule has 0 bridgehead atoms. The molecule has 0 aliphatic rings. The molecule has 0 unspecified atom stereocenters. The number of rotatable bonds is 0. The van der Waals surface area contributed by atoms with E-state index >= 15 is 0 Å². The Labute approximate surface area is 52.3 Å². The number of hydrogen-bond donors (Lipinski definition) is 2. The second kappa shape index (κ2) is 1.93. The third-order valence-corrected chi connectivity index (χ3v) is 1.06. The van der Waals surface area contributed by atoms with Gasteiger partial charge in [-0.15, -0.1) is 0 Å². The fraction of sp³-hybridized carbons (Fsp3) is 0. The van der Waals surface area contributed by atoms with Crippen LogP contribution in [0.3, 0.4) is 0 Å². The van der Waals surface area contributed by atoms with Gasteiger partial charge in [0.15, 0.2) is 5.82 Å². The van der Waals surface area contributed by atoms with E-state index in [1.807, 2.05) is 0 Å². The van der Waals surface area contributed by atoms with Crippen molar-refractivity contribution in [2.24, 2.45) is 0 Å². The second-order valence-electron chi connectivity index (χ2n) is 1.75. The highest BCUT2D eigenvalue weighted by atomic mass is 19.1. The highest BCUT2D eigenvalue weighted by Gasteiger charge is 1.98. The Kier molecular flexibility index (Phi) is 1.26. The fourth-order valence-corrected chi connectivity index (χ4v) is 0.568. The minimum absolute atomic E-state index is 0.0926. The lowest BCUT2D eigenvalue weighted by atomic mass is 10.3. The van der Waals surface area contributed by atoms with E-state index in [4.69, 9.17) is 11.5 Å². The van der Waals surface area contributed by atoms with Crippen molar-refractivity contribution in [3.8, 4) is 0 Å². The van der Waals surface area contributed by atoms with Gasteiger partial charge in [0.2, 0.25) is 0 Å². The molecule has 0 amide bonds. The van der Waals surface area contributed by atoms with Crippen LogP contribution in [0.15, 0.2) is 18.2 Å². The van der Waals surface area contributed by atoms with Crippen LogP contribution in [0.5, 0.6) is 0 Å². The van der Waals surface area contributed by atoms with Crippen molar-refractivity contribution in [3.63, 3.8) is 0 Å². The summed E-state index contributed by atoms with van der Waals surface area (Å²) in [4.78, 5) is 0. The zero-order valence-corrected chi connectivity index (χ0v) is 4.76. The smallest absolute Gasteiger partial charge is 0.168 e. The zero-order chi connectivity index (χ0) is 6.85. The van der Waals surface area contributed by atoms with E-state index in [2.05, 4.69) is 0 Å². The van der Waals surface area contributed by atoms with Crippen molar-refractivity contribution in [2.45, 2.75) is 0 Å². The molecule has 0 heterocycles. The maximum atomic E-state index is 12.5. The van der Waals surface area contributed by atoms with Crippen molar-refractivity contribution >= 4 is 11.4 Å². The predicted molar refractivity (Wildman–Crippen MR) is 35.2 cm³/mol. The Morgan fingerprint density at radius 1 is 1.11 bits per heavy atom. The highest BCUT2D eigenvalue weighted by Crippen LogP contribution is 2.15. The molecule has 9 heavy (non-hydrogen) atoms. The molecule has 4 N–H and O–H groups in total. The van der Waals surface area contributed by atoms with Crippen LogP contribution in [-0.2, 0) is 0 Å². The van der Waals surface area contributed by atoms with E-state index in [0.717, 1.165) is 0 Å². The molecule has 0 spiro atoms. The minimum atomic E-state index is -0.530. The average molecular weight is 126 g/mol. The summed E-state index contributed by atoms with van der Waals surface area (Å²) in [6.07, 6.45) is 0. The van der Waals surface area contributed by atoms with Gasteiger partial charge in [-0.3, -0.25) is 0 Å². The normalized spacial score (nSPS) is 9.44. The van der Waals surface area contributed by atoms with Gasteiger partial charge < -0.3 is 11.5 Å². The Morgan fingerprint density at radius 2 is 1.56 bits per heavy atom. The number of benzene rings is 1. The van der Waals surface area contributed by atoms with Crippen molar-refractivity contribution in [1.29, 1.82) is 0 Å². The standard InChI is InChI=1S/C6H7FN2/c7-6-4(8)2-1-3-5(6)9/h1-3H,8-9H2. The van der Waals surface area contributed by atoms with Crippen molar-refractivity contribution in [3.05, 3.63) is 24.0 Å². The van der Waals surface area contributed by atoms with Gasteiger partial charge in [0.25, 0.3) is 0 Å². The van der Waals surface area contributed by atoms with Crippen molar-refractivity contribution in [1.82, 2.24) is 0 Å². The molecule has 2 nitrogen and oxygen atoms in total. The number of nitrogens with two attached hydrogens (primary N) is 2. The first kappa shape index (κ1) is 5.88. The quantitative estimate of drug-likeness (QED) is 0.509. The Hall–Kier alpha value is -1.25. The first-order valence-electron chi connectivity index (χ1n) is 2.51. The number of anilines is 2. The van der Waals surface area contributed by atoms with Gasteiger partial charge in [-0.25, -0.2) is 4.39 Å². The first-order valence-corrected chi connectivity index (χ1v) is 2.51. The Bertz CT molecular complexity index is 202. The molecule has 1 aromatic rings. The van der Waals surface area contributed by atoms with E-state index < -0.39 is 5.82 Å². The van der Waals surface area contributed by atoms with E-state index in [0.29, 0.717) is 0 Å². The lowest BCUT2D eigenvalue weighted by Crippen LogP contribution is -1.95. The molecule has 1 aromatic carbocycles. The van der Waals surface area contributed by atoms with Gasteiger partial charge >= 0.3 is 0 Å². The molecule has 1 rings (SSSR count). The van der Waals surface area contributed by atoms with Crippen LogP contribution in [0.1, 0.15) is 0 Å². The van der Waals surface area contributed by atoms with Crippen LogP contribution in [0.25, 0.3) is 0 Å². The summed E-state index contributed by atoms with van der Waals surface area (Å²) in [7, 11) is 0.